The number of aromatic nitrogens is 1. The predicted molar refractivity (Wildman–Crippen MR) is 86.9 cm³/mol. The summed E-state index contributed by atoms with van der Waals surface area (Å²) < 4.78 is 10.0. The van der Waals surface area contributed by atoms with E-state index >= 15 is 0 Å². The summed E-state index contributed by atoms with van der Waals surface area (Å²) >= 11 is 0. The van der Waals surface area contributed by atoms with E-state index in [1.807, 2.05) is 0 Å². The second-order valence-electron chi connectivity index (χ2n) is 5.70. The van der Waals surface area contributed by atoms with Gasteiger partial charge in [-0.2, -0.15) is 0 Å². The number of amides is 2. The molecule has 1 atom stereocenters. The standard InChI is InChI=1S/C17H19N3O4/c1-11-10-15(19-24-11)18-16(21)14-4-3-9-20(14)17(22)12-5-7-13(23-2)8-6-12/h5-8,10,14H,3-4,9H2,1-2H3,(H,18,19,21)/t14-/m1/s1. The van der Waals surface area contributed by atoms with Crippen molar-refractivity contribution < 1.29 is 18.8 Å². The number of nitrogens with zero attached hydrogens (tertiary/aromatic N) is 2. The molecule has 1 aromatic heterocycles. The van der Waals surface area contributed by atoms with Gasteiger partial charge in [0.15, 0.2) is 5.82 Å². The third-order valence-corrected chi connectivity index (χ3v) is 4.03. The van der Waals surface area contributed by atoms with E-state index in [2.05, 4.69) is 10.5 Å². The molecule has 7 nitrogen and oxygen atoms in total. The Labute approximate surface area is 139 Å². The minimum absolute atomic E-state index is 0.161. The Morgan fingerprint density at radius 1 is 1.33 bits per heavy atom. The molecule has 0 saturated carbocycles. The number of likely N-dealkylation sites (tertiary alicyclic amines) is 1. The molecule has 3 rings (SSSR count). The Kier molecular flexibility index (Phi) is 4.50. The third kappa shape index (κ3) is 3.24. The molecule has 0 radical (unpaired) electrons. The fraction of sp³-hybridized carbons (Fsp3) is 0.353. The second-order valence-corrected chi connectivity index (χ2v) is 5.70. The summed E-state index contributed by atoms with van der Waals surface area (Å²) in [6.45, 7) is 2.30. The van der Waals surface area contributed by atoms with E-state index in [0.717, 1.165) is 6.42 Å². The molecular weight excluding hydrogens is 310 g/mol. The molecule has 2 aromatic rings. The Morgan fingerprint density at radius 3 is 2.71 bits per heavy atom. The van der Waals surface area contributed by atoms with Gasteiger partial charge in [0.1, 0.15) is 17.6 Å². The highest BCUT2D eigenvalue weighted by molar-refractivity contribution is 6.01. The average Bonchev–Trinajstić information content (AvgIpc) is 3.23. The molecule has 2 amide bonds. The highest BCUT2D eigenvalue weighted by atomic mass is 16.5. The molecule has 1 fully saturated rings. The average molecular weight is 329 g/mol. The normalized spacial score (nSPS) is 16.9. The quantitative estimate of drug-likeness (QED) is 0.930. The van der Waals surface area contributed by atoms with Crippen LogP contribution in [0.3, 0.4) is 0 Å². The van der Waals surface area contributed by atoms with Gasteiger partial charge in [0, 0.05) is 18.2 Å². The number of rotatable bonds is 4. The summed E-state index contributed by atoms with van der Waals surface area (Å²) in [7, 11) is 1.57. The highest BCUT2D eigenvalue weighted by Crippen LogP contribution is 2.22. The first-order chi connectivity index (χ1) is 11.6. The predicted octanol–water partition coefficient (Wildman–Crippen LogP) is 2.23. The fourth-order valence-corrected chi connectivity index (χ4v) is 2.82. The van der Waals surface area contributed by atoms with E-state index in [9.17, 15) is 9.59 Å². The minimum atomic E-state index is -0.503. The summed E-state index contributed by atoms with van der Waals surface area (Å²) in [5.41, 5.74) is 0.535. The number of aryl methyl sites for hydroxylation is 1. The van der Waals surface area contributed by atoms with Crippen LogP contribution in [0.15, 0.2) is 34.9 Å². The number of benzene rings is 1. The lowest BCUT2D eigenvalue weighted by molar-refractivity contribution is -0.119. The first kappa shape index (κ1) is 16.0. The monoisotopic (exact) mass is 329 g/mol. The van der Waals surface area contributed by atoms with Crippen LogP contribution in [0.25, 0.3) is 0 Å². The van der Waals surface area contributed by atoms with Crippen molar-refractivity contribution in [3.63, 3.8) is 0 Å². The molecule has 0 bridgehead atoms. The number of ether oxygens (including phenoxy) is 1. The van der Waals surface area contributed by atoms with Gasteiger partial charge in [-0.05, 0) is 44.0 Å². The lowest BCUT2D eigenvalue weighted by Gasteiger charge is -2.23. The van der Waals surface area contributed by atoms with Crippen LogP contribution in [0.5, 0.6) is 5.75 Å². The first-order valence-corrected chi connectivity index (χ1v) is 7.77. The van der Waals surface area contributed by atoms with E-state index in [1.54, 1.807) is 49.3 Å². The maximum absolute atomic E-state index is 12.7. The molecule has 7 heteroatoms. The molecule has 1 aliphatic heterocycles. The van der Waals surface area contributed by atoms with Gasteiger partial charge in [-0.25, -0.2) is 0 Å². The number of methoxy groups -OCH3 is 1. The first-order valence-electron chi connectivity index (χ1n) is 7.77. The highest BCUT2D eigenvalue weighted by Gasteiger charge is 2.34. The Hall–Kier alpha value is -2.83. The van der Waals surface area contributed by atoms with Gasteiger partial charge in [0.2, 0.25) is 5.91 Å². The number of anilines is 1. The number of carbonyl (C=O) groups excluding carboxylic acids is 2. The van der Waals surface area contributed by atoms with Crippen LogP contribution >= 0.6 is 0 Å². The van der Waals surface area contributed by atoms with Crippen LogP contribution in [-0.4, -0.2) is 41.6 Å². The van der Waals surface area contributed by atoms with Crippen molar-refractivity contribution in [1.29, 1.82) is 0 Å². The fourth-order valence-electron chi connectivity index (χ4n) is 2.82. The molecule has 1 saturated heterocycles. The number of carbonyl (C=O) groups is 2. The second kappa shape index (κ2) is 6.74. The lowest BCUT2D eigenvalue weighted by Crippen LogP contribution is -2.43. The van der Waals surface area contributed by atoms with Crippen LogP contribution in [0.2, 0.25) is 0 Å². The lowest BCUT2D eigenvalue weighted by atomic mass is 10.1. The van der Waals surface area contributed by atoms with Crippen molar-refractivity contribution in [3.05, 3.63) is 41.7 Å². The van der Waals surface area contributed by atoms with Crippen molar-refractivity contribution in [2.45, 2.75) is 25.8 Å². The van der Waals surface area contributed by atoms with Gasteiger partial charge in [0.25, 0.3) is 5.91 Å². The zero-order valence-corrected chi connectivity index (χ0v) is 13.6. The van der Waals surface area contributed by atoms with E-state index in [-0.39, 0.29) is 11.8 Å². The maximum atomic E-state index is 12.7. The summed E-state index contributed by atoms with van der Waals surface area (Å²) in [5, 5.41) is 6.45. The zero-order chi connectivity index (χ0) is 17.1. The zero-order valence-electron chi connectivity index (χ0n) is 13.6. The number of hydrogen-bond donors (Lipinski definition) is 1. The Morgan fingerprint density at radius 2 is 2.08 bits per heavy atom. The Bertz CT molecular complexity index is 739. The van der Waals surface area contributed by atoms with Crippen molar-refractivity contribution in [2.24, 2.45) is 0 Å². The van der Waals surface area contributed by atoms with Gasteiger partial charge in [-0.3, -0.25) is 9.59 Å². The van der Waals surface area contributed by atoms with Crippen LogP contribution in [0, 0.1) is 6.92 Å². The molecular formula is C17H19N3O4. The van der Waals surface area contributed by atoms with Crippen LogP contribution in [-0.2, 0) is 4.79 Å². The number of hydrogen-bond acceptors (Lipinski definition) is 5. The van der Waals surface area contributed by atoms with Crippen molar-refractivity contribution in [1.82, 2.24) is 10.1 Å². The SMILES string of the molecule is COc1ccc(C(=O)N2CCC[C@@H]2C(=O)Nc2cc(C)on2)cc1. The van der Waals surface area contributed by atoms with Crippen molar-refractivity contribution in [3.8, 4) is 5.75 Å². The van der Waals surface area contributed by atoms with E-state index < -0.39 is 6.04 Å². The molecule has 126 valence electrons. The van der Waals surface area contributed by atoms with Gasteiger partial charge in [-0.15, -0.1) is 0 Å². The summed E-state index contributed by atoms with van der Waals surface area (Å²) in [5.74, 6) is 1.25. The summed E-state index contributed by atoms with van der Waals surface area (Å²) in [4.78, 5) is 26.8. The van der Waals surface area contributed by atoms with Gasteiger partial charge < -0.3 is 19.5 Å². The van der Waals surface area contributed by atoms with E-state index in [1.165, 1.54) is 0 Å². The molecule has 1 aromatic carbocycles. The van der Waals surface area contributed by atoms with Crippen molar-refractivity contribution in [2.75, 3.05) is 19.0 Å². The van der Waals surface area contributed by atoms with E-state index in [0.29, 0.717) is 35.9 Å². The van der Waals surface area contributed by atoms with Crippen LogP contribution < -0.4 is 10.1 Å². The maximum Gasteiger partial charge on any atom is 0.254 e. The molecule has 0 spiro atoms. The Balaban J connectivity index is 1.71. The topological polar surface area (TPSA) is 84.7 Å². The van der Waals surface area contributed by atoms with Gasteiger partial charge in [-0.1, -0.05) is 5.16 Å². The molecule has 0 unspecified atom stereocenters. The van der Waals surface area contributed by atoms with Gasteiger partial charge in [0.05, 0.1) is 7.11 Å². The minimum Gasteiger partial charge on any atom is -0.497 e. The van der Waals surface area contributed by atoms with Crippen molar-refractivity contribution >= 4 is 17.6 Å². The molecule has 0 aliphatic carbocycles. The van der Waals surface area contributed by atoms with Crippen LogP contribution in [0.1, 0.15) is 29.0 Å². The molecule has 1 aliphatic rings. The molecule has 24 heavy (non-hydrogen) atoms. The summed E-state index contributed by atoms with van der Waals surface area (Å²) in [6, 6.07) is 8.01. The summed E-state index contributed by atoms with van der Waals surface area (Å²) in [6.07, 6.45) is 1.42. The van der Waals surface area contributed by atoms with E-state index in [4.69, 9.17) is 9.26 Å². The molecule has 1 N–H and O–H groups in total. The van der Waals surface area contributed by atoms with Crippen LogP contribution in [0.4, 0.5) is 5.82 Å². The third-order valence-electron chi connectivity index (χ3n) is 4.03. The number of nitrogens with one attached hydrogen (secondary N) is 1. The molecule has 2 heterocycles. The largest absolute Gasteiger partial charge is 0.497 e. The van der Waals surface area contributed by atoms with Gasteiger partial charge >= 0.3 is 0 Å². The smallest absolute Gasteiger partial charge is 0.254 e.